The van der Waals surface area contributed by atoms with E-state index in [0.717, 1.165) is 64.4 Å². The third-order valence-electron chi connectivity index (χ3n) is 3.71. The van der Waals surface area contributed by atoms with E-state index in [0.29, 0.717) is 12.5 Å². The Hall–Kier alpha value is -1.34. The quantitative estimate of drug-likeness (QED) is 0.271. The molecule has 1 saturated carbocycles. The zero-order chi connectivity index (χ0) is 16.9. The van der Waals surface area contributed by atoms with Gasteiger partial charge < -0.3 is 25.6 Å². The lowest BCUT2D eigenvalue weighted by atomic mass is 10.3. The van der Waals surface area contributed by atoms with E-state index in [1.165, 1.54) is 0 Å². The molecule has 0 spiro atoms. The fraction of sp³-hybridized carbons (Fsp3) is 0.875. The minimum Gasteiger partial charge on any atom is -0.385 e. The van der Waals surface area contributed by atoms with Crippen LogP contribution in [0.2, 0.25) is 0 Å². The summed E-state index contributed by atoms with van der Waals surface area (Å²) in [5, 5.41) is 9.52. The maximum atomic E-state index is 11.6. The first-order valence-electron chi connectivity index (χ1n) is 8.57. The molecule has 7 heteroatoms. The van der Waals surface area contributed by atoms with Gasteiger partial charge in [0, 0.05) is 59.4 Å². The van der Waals surface area contributed by atoms with E-state index < -0.39 is 0 Å². The third kappa shape index (κ3) is 10.9. The average Bonchev–Trinajstić information content (AvgIpc) is 3.33. The molecule has 0 heterocycles. The molecule has 0 bridgehead atoms. The van der Waals surface area contributed by atoms with E-state index in [2.05, 4.69) is 32.9 Å². The lowest BCUT2D eigenvalue weighted by molar-refractivity contribution is -0.121. The predicted molar refractivity (Wildman–Crippen MR) is 93.8 cm³/mol. The Morgan fingerprint density at radius 3 is 2.61 bits per heavy atom. The van der Waals surface area contributed by atoms with Crippen molar-refractivity contribution in [3.05, 3.63) is 0 Å². The van der Waals surface area contributed by atoms with Crippen molar-refractivity contribution < 1.29 is 9.53 Å². The molecule has 0 aliphatic heterocycles. The van der Waals surface area contributed by atoms with Crippen molar-refractivity contribution in [1.82, 2.24) is 20.9 Å². The van der Waals surface area contributed by atoms with Crippen LogP contribution in [0.15, 0.2) is 4.99 Å². The molecule has 23 heavy (non-hydrogen) atoms. The standard InChI is InChI=1S/C16H33N5O2/c1-17-16(19-10-12-21(2)11-5-13-23-3)18-9-4-6-15(22)20-14-7-8-14/h14H,4-13H2,1-3H3,(H,20,22)(H2,17,18,19). The topological polar surface area (TPSA) is 78.0 Å². The molecule has 1 amide bonds. The van der Waals surface area contributed by atoms with E-state index >= 15 is 0 Å². The molecular formula is C16H33N5O2. The lowest BCUT2D eigenvalue weighted by Crippen LogP contribution is -2.41. The van der Waals surface area contributed by atoms with Crippen molar-refractivity contribution >= 4 is 11.9 Å². The van der Waals surface area contributed by atoms with Gasteiger partial charge >= 0.3 is 0 Å². The highest BCUT2D eigenvalue weighted by Gasteiger charge is 2.22. The first-order chi connectivity index (χ1) is 11.2. The molecule has 3 N–H and O–H groups in total. The molecule has 0 aromatic carbocycles. The summed E-state index contributed by atoms with van der Waals surface area (Å²) in [5.41, 5.74) is 0. The first-order valence-corrected chi connectivity index (χ1v) is 8.57. The second-order valence-electron chi connectivity index (χ2n) is 6.02. The summed E-state index contributed by atoms with van der Waals surface area (Å²) in [7, 11) is 5.59. The van der Waals surface area contributed by atoms with Crippen LogP contribution in [0.5, 0.6) is 0 Å². The molecular weight excluding hydrogens is 294 g/mol. The number of nitrogens with one attached hydrogen (secondary N) is 3. The zero-order valence-corrected chi connectivity index (χ0v) is 14.9. The van der Waals surface area contributed by atoms with Gasteiger partial charge in [0.15, 0.2) is 5.96 Å². The van der Waals surface area contributed by atoms with Gasteiger partial charge in [0.1, 0.15) is 0 Å². The van der Waals surface area contributed by atoms with Gasteiger partial charge in [-0.15, -0.1) is 0 Å². The zero-order valence-electron chi connectivity index (χ0n) is 14.9. The Labute approximate surface area is 140 Å². The van der Waals surface area contributed by atoms with Crippen LogP contribution in [-0.2, 0) is 9.53 Å². The number of likely N-dealkylation sites (N-methyl/N-ethyl adjacent to an activating group) is 1. The maximum absolute atomic E-state index is 11.6. The largest absolute Gasteiger partial charge is 0.385 e. The average molecular weight is 327 g/mol. The number of carbonyl (C=O) groups is 1. The monoisotopic (exact) mass is 327 g/mol. The number of nitrogens with zero attached hydrogens (tertiary/aromatic N) is 2. The number of hydrogen-bond acceptors (Lipinski definition) is 4. The van der Waals surface area contributed by atoms with Gasteiger partial charge in [-0.3, -0.25) is 9.79 Å². The fourth-order valence-electron chi connectivity index (χ4n) is 2.16. The number of aliphatic imine (C=N–C) groups is 1. The normalized spacial score (nSPS) is 14.9. The molecule has 1 fully saturated rings. The highest BCUT2D eigenvalue weighted by Crippen LogP contribution is 2.18. The Morgan fingerprint density at radius 1 is 1.22 bits per heavy atom. The number of carbonyl (C=O) groups excluding carboxylic acids is 1. The number of ether oxygens (including phenoxy) is 1. The van der Waals surface area contributed by atoms with Crippen LogP contribution in [0.1, 0.15) is 32.1 Å². The second-order valence-corrected chi connectivity index (χ2v) is 6.02. The molecule has 7 nitrogen and oxygen atoms in total. The van der Waals surface area contributed by atoms with Crippen LogP contribution < -0.4 is 16.0 Å². The first kappa shape index (κ1) is 19.7. The molecule has 1 aliphatic rings. The second kappa shape index (κ2) is 12.1. The highest BCUT2D eigenvalue weighted by molar-refractivity contribution is 5.79. The van der Waals surface area contributed by atoms with Crippen LogP contribution in [-0.4, -0.2) is 76.8 Å². The number of methoxy groups -OCH3 is 1. The molecule has 0 radical (unpaired) electrons. The molecule has 134 valence electrons. The van der Waals surface area contributed by atoms with Crippen LogP contribution in [0, 0.1) is 0 Å². The summed E-state index contributed by atoms with van der Waals surface area (Å²) >= 11 is 0. The summed E-state index contributed by atoms with van der Waals surface area (Å²) in [4.78, 5) is 18.0. The Balaban J connectivity index is 1.99. The van der Waals surface area contributed by atoms with Gasteiger partial charge in [-0.05, 0) is 32.7 Å². The molecule has 1 aliphatic carbocycles. The van der Waals surface area contributed by atoms with Gasteiger partial charge in [0.2, 0.25) is 5.91 Å². The van der Waals surface area contributed by atoms with Gasteiger partial charge in [-0.25, -0.2) is 0 Å². The Kier molecular flexibility index (Phi) is 10.4. The number of rotatable bonds is 12. The van der Waals surface area contributed by atoms with E-state index in [-0.39, 0.29) is 5.91 Å². The van der Waals surface area contributed by atoms with Crippen molar-refractivity contribution in [2.75, 3.05) is 54.0 Å². The molecule has 0 aromatic heterocycles. The van der Waals surface area contributed by atoms with Crippen molar-refractivity contribution in [2.45, 2.75) is 38.1 Å². The SMILES string of the molecule is CN=C(NCCCC(=O)NC1CC1)NCCN(C)CCCOC. The number of hydrogen-bond donors (Lipinski definition) is 3. The van der Waals surface area contributed by atoms with Crippen molar-refractivity contribution in [3.63, 3.8) is 0 Å². The van der Waals surface area contributed by atoms with E-state index in [4.69, 9.17) is 4.74 Å². The van der Waals surface area contributed by atoms with Gasteiger partial charge in [-0.1, -0.05) is 0 Å². The summed E-state index contributed by atoms with van der Waals surface area (Å²) in [5.74, 6) is 0.952. The van der Waals surface area contributed by atoms with E-state index in [9.17, 15) is 4.79 Å². The van der Waals surface area contributed by atoms with Gasteiger partial charge in [0.25, 0.3) is 0 Å². The highest BCUT2D eigenvalue weighted by atomic mass is 16.5. The Bertz CT molecular complexity index is 358. The van der Waals surface area contributed by atoms with Crippen molar-refractivity contribution in [3.8, 4) is 0 Å². The molecule has 0 aromatic rings. The maximum Gasteiger partial charge on any atom is 0.220 e. The summed E-state index contributed by atoms with van der Waals surface area (Å²) < 4.78 is 5.05. The van der Waals surface area contributed by atoms with E-state index in [1.807, 2.05) is 0 Å². The van der Waals surface area contributed by atoms with Crippen molar-refractivity contribution in [1.29, 1.82) is 0 Å². The van der Waals surface area contributed by atoms with Crippen molar-refractivity contribution in [2.24, 2.45) is 4.99 Å². The molecule has 0 atom stereocenters. The predicted octanol–water partition coefficient (Wildman–Crippen LogP) is 0.179. The lowest BCUT2D eigenvalue weighted by Gasteiger charge is -2.18. The Morgan fingerprint density at radius 2 is 1.96 bits per heavy atom. The van der Waals surface area contributed by atoms with Crippen LogP contribution in [0.4, 0.5) is 0 Å². The van der Waals surface area contributed by atoms with Gasteiger partial charge in [-0.2, -0.15) is 0 Å². The summed E-state index contributed by atoms with van der Waals surface area (Å²) in [6.07, 6.45) is 4.71. The molecule has 1 rings (SSSR count). The summed E-state index contributed by atoms with van der Waals surface area (Å²) in [6, 6.07) is 0.450. The van der Waals surface area contributed by atoms with Crippen LogP contribution >= 0.6 is 0 Å². The number of amides is 1. The minimum atomic E-state index is 0.162. The minimum absolute atomic E-state index is 0.162. The number of guanidine groups is 1. The molecule has 0 saturated heterocycles. The van der Waals surface area contributed by atoms with Crippen LogP contribution in [0.3, 0.4) is 0 Å². The van der Waals surface area contributed by atoms with Crippen LogP contribution in [0.25, 0.3) is 0 Å². The van der Waals surface area contributed by atoms with E-state index in [1.54, 1.807) is 14.2 Å². The van der Waals surface area contributed by atoms with Gasteiger partial charge in [0.05, 0.1) is 0 Å². The molecule has 0 unspecified atom stereocenters. The third-order valence-corrected chi connectivity index (χ3v) is 3.71. The summed E-state index contributed by atoms with van der Waals surface area (Å²) in [6.45, 7) is 4.37. The fourth-order valence-corrected chi connectivity index (χ4v) is 2.16. The smallest absolute Gasteiger partial charge is 0.220 e.